The molecule has 3 fully saturated rings. The summed E-state index contributed by atoms with van der Waals surface area (Å²) in [4.78, 5) is 39.0. The molecule has 3 saturated heterocycles. The minimum Gasteiger partial charge on any atom is -0.320 e. The van der Waals surface area contributed by atoms with Crippen LogP contribution in [0.25, 0.3) is 0 Å². The lowest BCUT2D eigenvalue weighted by molar-refractivity contribution is -0.129. The quantitative estimate of drug-likeness (QED) is 0.538. The number of nitrogens with zero attached hydrogens (tertiary/aromatic N) is 3. The second-order valence-corrected chi connectivity index (χ2v) is 8.80. The standard InChI is InChI=1S/C10H17NO.C9H15NO.C8H13NO/c1-2-11-9-7-5-3-4-6-8-10(11)12;1-2-10-8-6-4-3-5-7-9(10)11;1-2-9-7-5-3-4-6-8(9)10/h2H,1,3-9H2;2H,1,3-8H2;2H,1,3-7H2. The molecule has 3 aliphatic heterocycles. The predicted molar refractivity (Wildman–Crippen MR) is 135 cm³/mol. The summed E-state index contributed by atoms with van der Waals surface area (Å²) in [7, 11) is 0. The van der Waals surface area contributed by atoms with Crippen molar-refractivity contribution in [2.24, 2.45) is 0 Å². The van der Waals surface area contributed by atoms with E-state index in [-0.39, 0.29) is 17.7 Å². The number of carbonyl (C=O) groups is 3. The molecule has 0 aromatic heterocycles. The zero-order chi connectivity index (χ0) is 24.3. The molecule has 33 heavy (non-hydrogen) atoms. The van der Waals surface area contributed by atoms with Gasteiger partial charge in [0.2, 0.25) is 17.7 Å². The van der Waals surface area contributed by atoms with Gasteiger partial charge in [-0.1, -0.05) is 58.3 Å². The lowest BCUT2D eigenvalue weighted by Crippen LogP contribution is -2.27. The summed E-state index contributed by atoms with van der Waals surface area (Å²) in [6, 6.07) is 0. The topological polar surface area (TPSA) is 60.9 Å². The summed E-state index contributed by atoms with van der Waals surface area (Å²) in [5, 5.41) is 0. The highest BCUT2D eigenvalue weighted by Gasteiger charge is 2.13. The van der Waals surface area contributed by atoms with Crippen molar-refractivity contribution in [2.75, 3.05) is 19.6 Å². The molecule has 186 valence electrons. The van der Waals surface area contributed by atoms with Gasteiger partial charge >= 0.3 is 0 Å². The average molecular weight is 460 g/mol. The molecule has 0 radical (unpaired) electrons. The molecular formula is C27H45N3O3. The van der Waals surface area contributed by atoms with Crippen molar-refractivity contribution < 1.29 is 14.4 Å². The Bertz CT molecular complexity index is 632. The fraction of sp³-hybridized carbons (Fsp3) is 0.667. The van der Waals surface area contributed by atoms with Crippen LogP contribution in [0.4, 0.5) is 0 Å². The van der Waals surface area contributed by atoms with Gasteiger partial charge in [-0.05, 0) is 57.1 Å². The first-order valence-electron chi connectivity index (χ1n) is 12.8. The maximum atomic E-state index is 11.4. The third-order valence-corrected chi connectivity index (χ3v) is 6.24. The van der Waals surface area contributed by atoms with Crippen LogP contribution in [0.2, 0.25) is 0 Å². The first kappa shape index (κ1) is 28.7. The zero-order valence-corrected chi connectivity index (χ0v) is 20.6. The molecule has 0 aromatic carbocycles. The van der Waals surface area contributed by atoms with E-state index < -0.39 is 0 Å². The Morgan fingerprint density at radius 3 is 0.970 bits per heavy atom. The van der Waals surface area contributed by atoms with Crippen molar-refractivity contribution in [3.63, 3.8) is 0 Å². The zero-order valence-electron chi connectivity index (χ0n) is 20.6. The van der Waals surface area contributed by atoms with Gasteiger partial charge in [-0.3, -0.25) is 14.4 Å². The number of likely N-dealkylation sites (tertiary alicyclic amines) is 2. The molecule has 0 unspecified atom stereocenters. The van der Waals surface area contributed by atoms with Gasteiger partial charge in [0.15, 0.2) is 0 Å². The van der Waals surface area contributed by atoms with Gasteiger partial charge in [0, 0.05) is 38.9 Å². The Labute approximate surface area is 201 Å². The van der Waals surface area contributed by atoms with E-state index >= 15 is 0 Å². The van der Waals surface area contributed by atoms with Crippen LogP contribution in [0.5, 0.6) is 0 Å². The molecule has 3 aliphatic rings. The third-order valence-electron chi connectivity index (χ3n) is 6.24. The van der Waals surface area contributed by atoms with Gasteiger partial charge < -0.3 is 14.7 Å². The minimum atomic E-state index is 0.229. The van der Waals surface area contributed by atoms with E-state index in [1.807, 2.05) is 0 Å². The fourth-order valence-electron chi connectivity index (χ4n) is 4.12. The van der Waals surface area contributed by atoms with Gasteiger partial charge in [0.1, 0.15) is 0 Å². The van der Waals surface area contributed by atoms with E-state index in [2.05, 4.69) is 19.7 Å². The third kappa shape index (κ3) is 12.4. The van der Waals surface area contributed by atoms with Crippen LogP contribution in [0, 0.1) is 0 Å². The monoisotopic (exact) mass is 459 g/mol. The SMILES string of the molecule is C=CN1CCCCCC1=O.C=CN1CCCCCCC1=O.C=CN1CCCCCCCC1=O. The van der Waals surface area contributed by atoms with Crippen LogP contribution in [-0.2, 0) is 14.4 Å². The number of amides is 3. The normalized spacial score (nSPS) is 20.7. The molecule has 3 rings (SSSR count). The lowest BCUT2D eigenvalue weighted by atomic mass is 10.1. The van der Waals surface area contributed by atoms with E-state index in [1.165, 1.54) is 38.5 Å². The smallest absolute Gasteiger partial charge is 0.226 e. The molecule has 0 N–H and O–H groups in total. The van der Waals surface area contributed by atoms with E-state index in [0.717, 1.165) is 58.2 Å². The number of carbonyl (C=O) groups excluding carboxylic acids is 3. The largest absolute Gasteiger partial charge is 0.320 e. The number of rotatable bonds is 3. The summed E-state index contributed by atoms with van der Waals surface area (Å²) < 4.78 is 0. The van der Waals surface area contributed by atoms with E-state index in [0.29, 0.717) is 19.3 Å². The molecule has 6 heteroatoms. The van der Waals surface area contributed by atoms with Crippen LogP contribution in [0.3, 0.4) is 0 Å². The second kappa shape index (κ2) is 18.1. The number of hydrogen-bond acceptors (Lipinski definition) is 3. The average Bonchev–Trinajstić information content (AvgIpc) is 2.96. The molecule has 0 saturated carbocycles. The molecule has 0 atom stereocenters. The summed E-state index contributed by atoms with van der Waals surface area (Å²) in [5.74, 6) is 0.708. The van der Waals surface area contributed by atoms with Crippen LogP contribution in [0.15, 0.2) is 38.3 Å². The van der Waals surface area contributed by atoms with Crippen molar-refractivity contribution in [1.82, 2.24) is 14.7 Å². The molecule has 0 bridgehead atoms. The van der Waals surface area contributed by atoms with Gasteiger partial charge in [-0.15, -0.1) is 0 Å². The molecule has 0 aromatic rings. The summed E-state index contributed by atoms with van der Waals surface area (Å²) in [6.07, 6.45) is 20.9. The summed E-state index contributed by atoms with van der Waals surface area (Å²) >= 11 is 0. The molecule has 6 nitrogen and oxygen atoms in total. The van der Waals surface area contributed by atoms with E-state index in [1.54, 1.807) is 33.3 Å². The molecule has 0 aliphatic carbocycles. The maximum Gasteiger partial charge on any atom is 0.226 e. The lowest BCUT2D eigenvalue weighted by Gasteiger charge is -2.20. The second-order valence-electron chi connectivity index (χ2n) is 8.80. The van der Waals surface area contributed by atoms with Crippen molar-refractivity contribution in [3.05, 3.63) is 38.3 Å². The highest BCUT2D eigenvalue weighted by molar-refractivity contribution is 5.78. The summed E-state index contributed by atoms with van der Waals surface area (Å²) in [6.45, 7) is 13.4. The van der Waals surface area contributed by atoms with Gasteiger partial charge in [0.05, 0.1) is 0 Å². The van der Waals surface area contributed by atoms with Crippen molar-refractivity contribution in [2.45, 2.75) is 96.3 Å². The van der Waals surface area contributed by atoms with Gasteiger partial charge in [-0.25, -0.2) is 0 Å². The molecular weight excluding hydrogens is 414 g/mol. The van der Waals surface area contributed by atoms with Crippen LogP contribution in [-0.4, -0.2) is 52.1 Å². The Balaban J connectivity index is 0.000000249. The van der Waals surface area contributed by atoms with Crippen molar-refractivity contribution >= 4 is 17.7 Å². The first-order valence-corrected chi connectivity index (χ1v) is 12.8. The molecule has 3 amide bonds. The predicted octanol–water partition coefficient (Wildman–Crippen LogP) is 5.77. The highest BCUT2D eigenvalue weighted by atomic mass is 16.2. The maximum absolute atomic E-state index is 11.4. The van der Waals surface area contributed by atoms with Crippen LogP contribution < -0.4 is 0 Å². The Morgan fingerprint density at radius 1 is 0.424 bits per heavy atom. The van der Waals surface area contributed by atoms with Gasteiger partial charge in [0.25, 0.3) is 0 Å². The first-order chi connectivity index (χ1) is 16.0. The fourth-order valence-corrected chi connectivity index (χ4v) is 4.12. The van der Waals surface area contributed by atoms with Crippen molar-refractivity contribution in [1.29, 1.82) is 0 Å². The van der Waals surface area contributed by atoms with E-state index in [9.17, 15) is 14.4 Å². The van der Waals surface area contributed by atoms with Crippen LogP contribution >= 0.6 is 0 Å². The van der Waals surface area contributed by atoms with Gasteiger partial charge in [-0.2, -0.15) is 0 Å². The Kier molecular flexibility index (Phi) is 15.7. The molecule has 3 heterocycles. The van der Waals surface area contributed by atoms with E-state index in [4.69, 9.17) is 0 Å². The Hall–Kier alpha value is -2.37. The highest BCUT2D eigenvalue weighted by Crippen LogP contribution is 2.13. The number of hydrogen-bond donors (Lipinski definition) is 0. The van der Waals surface area contributed by atoms with Crippen LogP contribution in [0.1, 0.15) is 96.3 Å². The van der Waals surface area contributed by atoms with Crippen molar-refractivity contribution in [3.8, 4) is 0 Å². The minimum absolute atomic E-state index is 0.229. The Morgan fingerprint density at radius 2 is 0.667 bits per heavy atom. The summed E-state index contributed by atoms with van der Waals surface area (Å²) in [5.41, 5.74) is 0. The molecule has 0 spiro atoms.